The van der Waals surface area contributed by atoms with E-state index in [1.54, 1.807) is 6.08 Å². The van der Waals surface area contributed by atoms with Crippen molar-refractivity contribution in [3.05, 3.63) is 42.2 Å². The second-order valence-electron chi connectivity index (χ2n) is 4.43. The van der Waals surface area contributed by atoms with Gasteiger partial charge >= 0.3 is 5.97 Å². The van der Waals surface area contributed by atoms with Gasteiger partial charge in [-0.25, -0.2) is 4.39 Å². The van der Waals surface area contributed by atoms with Gasteiger partial charge in [0.2, 0.25) is 0 Å². The van der Waals surface area contributed by atoms with Crippen LogP contribution in [0.1, 0.15) is 31.4 Å². The molecule has 1 aromatic rings. The molecule has 1 rings (SSSR count). The smallest absolute Gasteiger partial charge is 0.305 e. The summed E-state index contributed by atoms with van der Waals surface area (Å²) in [5, 5.41) is 0. The topological polar surface area (TPSA) is 44.8 Å². The first-order chi connectivity index (χ1) is 10.1. The summed E-state index contributed by atoms with van der Waals surface area (Å²) in [5.41, 5.74) is 0.503. The van der Waals surface area contributed by atoms with Crippen LogP contribution in [0.3, 0.4) is 0 Å². The number of hydrogen-bond acceptors (Lipinski definition) is 4. The van der Waals surface area contributed by atoms with E-state index in [9.17, 15) is 9.18 Å². The Morgan fingerprint density at radius 2 is 2.24 bits per heavy atom. The van der Waals surface area contributed by atoms with Gasteiger partial charge in [0.1, 0.15) is 24.3 Å². The van der Waals surface area contributed by atoms with Crippen molar-refractivity contribution in [3.63, 3.8) is 0 Å². The highest BCUT2D eigenvalue weighted by Crippen LogP contribution is 2.29. The maximum atomic E-state index is 13.4. The van der Waals surface area contributed by atoms with Crippen molar-refractivity contribution >= 4 is 5.97 Å². The fourth-order valence-electron chi connectivity index (χ4n) is 1.81. The maximum Gasteiger partial charge on any atom is 0.305 e. The third-order valence-corrected chi connectivity index (χ3v) is 2.80. The fourth-order valence-corrected chi connectivity index (χ4v) is 1.81. The molecule has 5 heteroatoms. The van der Waals surface area contributed by atoms with E-state index in [1.165, 1.54) is 25.3 Å². The zero-order valence-electron chi connectivity index (χ0n) is 12.4. The molecule has 0 aliphatic heterocycles. The molecule has 0 saturated heterocycles. The number of carbonyl (C=O) groups excluding carboxylic acids is 1. The summed E-state index contributed by atoms with van der Waals surface area (Å²) in [4.78, 5) is 11.5. The van der Waals surface area contributed by atoms with Gasteiger partial charge < -0.3 is 14.2 Å². The molecule has 0 saturated carbocycles. The normalized spacial score (nSPS) is 11.8. The van der Waals surface area contributed by atoms with Gasteiger partial charge in [0.25, 0.3) is 0 Å². The van der Waals surface area contributed by atoms with Gasteiger partial charge in [0.05, 0.1) is 13.7 Å². The molecule has 0 amide bonds. The highest BCUT2D eigenvalue weighted by molar-refractivity contribution is 5.69. The van der Waals surface area contributed by atoms with Crippen molar-refractivity contribution in [2.45, 2.75) is 25.9 Å². The molecular formula is C16H21FO4. The van der Waals surface area contributed by atoms with Crippen molar-refractivity contribution in [2.24, 2.45) is 0 Å². The van der Waals surface area contributed by atoms with Gasteiger partial charge in [-0.2, -0.15) is 0 Å². The van der Waals surface area contributed by atoms with E-state index in [-0.39, 0.29) is 19.2 Å². The van der Waals surface area contributed by atoms with Crippen LogP contribution in [0.15, 0.2) is 30.9 Å². The summed E-state index contributed by atoms with van der Waals surface area (Å²) >= 11 is 0. The average molecular weight is 296 g/mol. The van der Waals surface area contributed by atoms with Crippen LogP contribution in [0.5, 0.6) is 5.75 Å². The Morgan fingerprint density at radius 3 is 2.86 bits per heavy atom. The molecular weight excluding hydrogens is 275 g/mol. The summed E-state index contributed by atoms with van der Waals surface area (Å²) in [7, 11) is 1.49. The van der Waals surface area contributed by atoms with Gasteiger partial charge in [-0.15, -0.1) is 6.58 Å². The molecule has 0 bridgehead atoms. The van der Waals surface area contributed by atoms with E-state index < -0.39 is 11.9 Å². The zero-order valence-corrected chi connectivity index (χ0v) is 12.4. The molecule has 0 fully saturated rings. The van der Waals surface area contributed by atoms with Crippen LogP contribution in [-0.2, 0) is 14.3 Å². The molecule has 0 spiro atoms. The average Bonchev–Trinajstić information content (AvgIpc) is 2.47. The van der Waals surface area contributed by atoms with Crippen LogP contribution in [-0.4, -0.2) is 26.3 Å². The van der Waals surface area contributed by atoms with Gasteiger partial charge in [-0.3, -0.25) is 4.79 Å². The number of hydrogen-bond donors (Lipinski definition) is 0. The van der Waals surface area contributed by atoms with E-state index >= 15 is 0 Å². The summed E-state index contributed by atoms with van der Waals surface area (Å²) in [6.07, 6.45) is 2.02. The first-order valence-corrected chi connectivity index (χ1v) is 6.83. The molecule has 4 nitrogen and oxygen atoms in total. The predicted octanol–water partition coefficient (Wildman–Crippen LogP) is 3.42. The lowest BCUT2D eigenvalue weighted by atomic mass is 10.1. The van der Waals surface area contributed by atoms with Crippen molar-refractivity contribution in [1.82, 2.24) is 0 Å². The van der Waals surface area contributed by atoms with E-state index in [4.69, 9.17) is 14.2 Å². The summed E-state index contributed by atoms with van der Waals surface area (Å²) in [6, 6.07) is 4.14. The maximum absolute atomic E-state index is 13.4. The van der Waals surface area contributed by atoms with E-state index in [1.807, 2.05) is 6.92 Å². The monoisotopic (exact) mass is 296 g/mol. The van der Waals surface area contributed by atoms with Gasteiger partial charge in [0.15, 0.2) is 0 Å². The van der Waals surface area contributed by atoms with Crippen LogP contribution >= 0.6 is 0 Å². The molecule has 116 valence electrons. The number of methoxy groups -OCH3 is 1. The van der Waals surface area contributed by atoms with Crippen molar-refractivity contribution in [2.75, 3.05) is 20.3 Å². The van der Waals surface area contributed by atoms with Gasteiger partial charge in [-0.1, -0.05) is 13.0 Å². The Hall–Kier alpha value is -1.88. The van der Waals surface area contributed by atoms with Crippen LogP contribution in [0.25, 0.3) is 0 Å². The predicted molar refractivity (Wildman–Crippen MR) is 77.7 cm³/mol. The van der Waals surface area contributed by atoms with Gasteiger partial charge in [-0.05, 0) is 24.6 Å². The first-order valence-electron chi connectivity index (χ1n) is 6.83. The van der Waals surface area contributed by atoms with E-state index in [0.717, 1.165) is 0 Å². The molecule has 0 radical (unpaired) electrons. The zero-order chi connectivity index (χ0) is 15.7. The fraction of sp³-hybridized carbons (Fsp3) is 0.438. The number of esters is 1. The Morgan fingerprint density at radius 1 is 1.48 bits per heavy atom. The van der Waals surface area contributed by atoms with E-state index in [2.05, 4.69) is 6.58 Å². The third kappa shape index (κ3) is 5.55. The minimum absolute atomic E-state index is 0.00644. The lowest BCUT2D eigenvalue weighted by Crippen LogP contribution is -2.16. The standard InChI is InChI=1S/C16H21FO4/c1-4-6-16(18)21-11-15(20-9-5-2)13-10-12(17)7-8-14(13)19-3/h5,7-8,10,15H,2,4,6,9,11H2,1,3H3. The van der Waals surface area contributed by atoms with E-state index in [0.29, 0.717) is 24.2 Å². The third-order valence-electron chi connectivity index (χ3n) is 2.80. The Kier molecular flexibility index (Phi) is 7.46. The number of carbonyl (C=O) groups is 1. The minimum atomic E-state index is -0.602. The van der Waals surface area contributed by atoms with Gasteiger partial charge in [0, 0.05) is 12.0 Å². The molecule has 1 unspecified atom stereocenters. The lowest BCUT2D eigenvalue weighted by Gasteiger charge is -2.20. The molecule has 0 aliphatic carbocycles. The number of benzene rings is 1. The summed E-state index contributed by atoms with van der Waals surface area (Å²) < 4.78 is 29.4. The lowest BCUT2D eigenvalue weighted by molar-refractivity contribution is -0.147. The second kappa shape index (κ2) is 9.13. The Bertz CT molecular complexity index is 473. The van der Waals surface area contributed by atoms with Crippen molar-refractivity contribution < 1.29 is 23.4 Å². The molecule has 0 heterocycles. The van der Waals surface area contributed by atoms with Crippen LogP contribution in [0.2, 0.25) is 0 Å². The molecule has 21 heavy (non-hydrogen) atoms. The highest BCUT2D eigenvalue weighted by Gasteiger charge is 2.19. The molecule has 1 atom stereocenters. The minimum Gasteiger partial charge on any atom is -0.496 e. The summed E-state index contributed by atoms with van der Waals surface area (Å²) in [6.45, 7) is 5.73. The Labute approximate surface area is 124 Å². The molecule has 0 aromatic heterocycles. The highest BCUT2D eigenvalue weighted by atomic mass is 19.1. The van der Waals surface area contributed by atoms with Crippen LogP contribution in [0.4, 0.5) is 4.39 Å². The molecule has 1 aromatic carbocycles. The summed E-state index contributed by atoms with van der Waals surface area (Å²) in [5.74, 6) is -0.227. The number of halogens is 1. The largest absolute Gasteiger partial charge is 0.496 e. The van der Waals surface area contributed by atoms with Crippen molar-refractivity contribution in [1.29, 1.82) is 0 Å². The number of rotatable bonds is 9. The quantitative estimate of drug-likeness (QED) is 0.517. The molecule has 0 aliphatic rings. The molecule has 0 N–H and O–H groups in total. The van der Waals surface area contributed by atoms with Crippen molar-refractivity contribution in [3.8, 4) is 5.75 Å². The van der Waals surface area contributed by atoms with Crippen LogP contribution < -0.4 is 4.74 Å². The van der Waals surface area contributed by atoms with Crippen LogP contribution in [0, 0.1) is 5.82 Å². The number of ether oxygens (including phenoxy) is 3. The SMILES string of the molecule is C=CCOC(COC(=O)CCC)c1cc(F)ccc1OC. The first kappa shape index (κ1) is 17.2. The Balaban J connectivity index is 2.88. The second-order valence-corrected chi connectivity index (χ2v) is 4.43.